The first-order valence-electron chi connectivity index (χ1n) is 9.52. The summed E-state index contributed by atoms with van der Waals surface area (Å²) in [5.74, 6) is 0.922. The molecular formula is C20H30Cl2N4O. The molecule has 1 aliphatic heterocycles. The number of aromatic nitrogens is 2. The van der Waals surface area contributed by atoms with Gasteiger partial charge in [-0.15, -0.1) is 24.8 Å². The van der Waals surface area contributed by atoms with Gasteiger partial charge in [-0.05, 0) is 76.2 Å². The van der Waals surface area contributed by atoms with E-state index in [1.165, 1.54) is 51.6 Å². The molecular weight excluding hydrogens is 383 g/mol. The first-order valence-corrected chi connectivity index (χ1v) is 9.52. The summed E-state index contributed by atoms with van der Waals surface area (Å²) in [6.45, 7) is 3.22. The van der Waals surface area contributed by atoms with Crippen molar-refractivity contribution in [2.75, 3.05) is 20.1 Å². The van der Waals surface area contributed by atoms with Gasteiger partial charge in [0.1, 0.15) is 5.69 Å². The van der Waals surface area contributed by atoms with E-state index >= 15 is 0 Å². The monoisotopic (exact) mass is 412 g/mol. The highest BCUT2D eigenvalue weighted by molar-refractivity contribution is 5.85. The predicted octanol–water partition coefficient (Wildman–Crippen LogP) is 4.32. The molecule has 2 fully saturated rings. The van der Waals surface area contributed by atoms with Crippen LogP contribution in [0.5, 0.6) is 0 Å². The van der Waals surface area contributed by atoms with Crippen LogP contribution in [0.1, 0.15) is 44.3 Å². The third kappa shape index (κ3) is 5.23. The fraction of sp³-hybridized carbons (Fsp3) is 0.600. The number of halogens is 2. The molecule has 2 aliphatic rings. The van der Waals surface area contributed by atoms with Crippen LogP contribution in [0.15, 0.2) is 35.0 Å². The van der Waals surface area contributed by atoms with Crippen LogP contribution in [0.4, 0.5) is 0 Å². The van der Waals surface area contributed by atoms with E-state index in [9.17, 15) is 0 Å². The highest BCUT2D eigenvalue weighted by Gasteiger charge is 2.37. The maximum atomic E-state index is 5.55. The van der Waals surface area contributed by atoms with Gasteiger partial charge in [0, 0.05) is 18.3 Å². The van der Waals surface area contributed by atoms with E-state index in [1.807, 2.05) is 24.3 Å². The van der Waals surface area contributed by atoms with E-state index in [2.05, 4.69) is 27.4 Å². The van der Waals surface area contributed by atoms with Crippen molar-refractivity contribution in [3.05, 3.63) is 36.2 Å². The van der Waals surface area contributed by atoms with Gasteiger partial charge in [-0.3, -0.25) is 9.88 Å². The molecule has 1 aliphatic carbocycles. The van der Waals surface area contributed by atoms with E-state index in [-0.39, 0.29) is 24.8 Å². The maximum Gasteiger partial charge on any atom is 0.151 e. The molecule has 0 radical (unpaired) electrons. The van der Waals surface area contributed by atoms with Crippen molar-refractivity contribution in [1.82, 2.24) is 20.4 Å². The molecule has 0 amide bonds. The Morgan fingerprint density at radius 2 is 1.85 bits per heavy atom. The molecule has 0 aromatic carbocycles. The van der Waals surface area contributed by atoms with E-state index in [0.29, 0.717) is 11.5 Å². The van der Waals surface area contributed by atoms with Gasteiger partial charge in [0.2, 0.25) is 0 Å². The second-order valence-corrected chi connectivity index (χ2v) is 7.79. The summed E-state index contributed by atoms with van der Waals surface area (Å²) in [7, 11) is 2.22. The molecule has 0 atom stereocenters. The van der Waals surface area contributed by atoms with Gasteiger partial charge in [0.25, 0.3) is 0 Å². The van der Waals surface area contributed by atoms with Crippen LogP contribution in [0.2, 0.25) is 0 Å². The Hall–Kier alpha value is -1.14. The third-order valence-corrected chi connectivity index (χ3v) is 6.19. The quantitative estimate of drug-likeness (QED) is 0.809. The smallest absolute Gasteiger partial charge is 0.151 e. The lowest BCUT2D eigenvalue weighted by molar-refractivity contribution is 0.0704. The highest BCUT2D eigenvalue weighted by Crippen LogP contribution is 2.44. The molecule has 150 valence electrons. The summed E-state index contributed by atoms with van der Waals surface area (Å²) in [6, 6.07) is 8.53. The van der Waals surface area contributed by atoms with Gasteiger partial charge in [0.15, 0.2) is 5.76 Å². The lowest BCUT2D eigenvalue weighted by atomic mass is 9.67. The van der Waals surface area contributed by atoms with Crippen LogP contribution in [0, 0.1) is 5.41 Å². The van der Waals surface area contributed by atoms with Crippen LogP contribution in [-0.4, -0.2) is 41.2 Å². The van der Waals surface area contributed by atoms with E-state index < -0.39 is 0 Å². The molecule has 2 aromatic heterocycles. The van der Waals surface area contributed by atoms with E-state index in [0.717, 1.165) is 23.7 Å². The zero-order valence-corrected chi connectivity index (χ0v) is 17.5. The number of rotatable bonds is 4. The third-order valence-electron chi connectivity index (χ3n) is 6.19. The number of pyridine rings is 1. The predicted molar refractivity (Wildman–Crippen MR) is 112 cm³/mol. The fourth-order valence-corrected chi connectivity index (χ4v) is 4.51. The zero-order valence-electron chi connectivity index (χ0n) is 15.9. The molecule has 1 saturated carbocycles. The van der Waals surface area contributed by atoms with Crippen molar-refractivity contribution >= 4 is 24.8 Å². The second-order valence-electron chi connectivity index (χ2n) is 7.79. The van der Waals surface area contributed by atoms with Gasteiger partial charge in [-0.1, -0.05) is 11.2 Å². The zero-order chi connectivity index (χ0) is 17.1. The number of piperidine rings is 1. The number of nitrogens with zero attached hydrogens (tertiary/aromatic N) is 3. The average Bonchev–Trinajstić information content (AvgIpc) is 3.12. The molecule has 4 rings (SSSR count). The van der Waals surface area contributed by atoms with Crippen LogP contribution in [0.3, 0.4) is 0 Å². The van der Waals surface area contributed by atoms with Crippen LogP contribution in [0.25, 0.3) is 11.4 Å². The Morgan fingerprint density at radius 3 is 2.52 bits per heavy atom. The topological polar surface area (TPSA) is 54.2 Å². The van der Waals surface area contributed by atoms with Gasteiger partial charge in [-0.2, -0.15) is 0 Å². The van der Waals surface area contributed by atoms with Gasteiger partial charge in [0.05, 0.1) is 12.2 Å². The van der Waals surface area contributed by atoms with Crippen LogP contribution in [-0.2, 0) is 6.54 Å². The molecule has 2 aromatic rings. The van der Waals surface area contributed by atoms with Gasteiger partial charge in [-0.25, -0.2) is 0 Å². The summed E-state index contributed by atoms with van der Waals surface area (Å²) < 4.78 is 5.55. The van der Waals surface area contributed by atoms with Crippen LogP contribution < -0.4 is 5.32 Å². The van der Waals surface area contributed by atoms with Crippen molar-refractivity contribution in [3.63, 3.8) is 0 Å². The van der Waals surface area contributed by atoms with Crippen molar-refractivity contribution < 1.29 is 4.52 Å². The lowest BCUT2D eigenvalue weighted by Gasteiger charge is -2.45. The summed E-state index contributed by atoms with van der Waals surface area (Å²) >= 11 is 0. The molecule has 3 heterocycles. The molecule has 27 heavy (non-hydrogen) atoms. The highest BCUT2D eigenvalue weighted by atomic mass is 35.5. The Labute approximate surface area is 174 Å². The summed E-state index contributed by atoms with van der Waals surface area (Å²) in [6.07, 6.45) is 9.86. The molecule has 1 spiro atoms. The number of hydrogen-bond donors (Lipinski definition) is 1. The lowest BCUT2D eigenvalue weighted by Crippen LogP contribution is -2.43. The van der Waals surface area contributed by atoms with Crippen molar-refractivity contribution in [1.29, 1.82) is 0 Å². The Bertz CT molecular complexity index is 678. The average molecular weight is 413 g/mol. The van der Waals surface area contributed by atoms with Crippen molar-refractivity contribution in [2.24, 2.45) is 5.41 Å². The molecule has 7 heteroatoms. The minimum Gasteiger partial charge on any atom is -0.359 e. The molecule has 1 saturated heterocycles. The molecule has 5 nitrogen and oxygen atoms in total. The maximum absolute atomic E-state index is 5.55. The summed E-state index contributed by atoms with van der Waals surface area (Å²) in [5.41, 5.74) is 2.31. The van der Waals surface area contributed by atoms with E-state index in [4.69, 9.17) is 4.52 Å². The molecule has 0 unspecified atom stereocenters. The fourth-order valence-electron chi connectivity index (χ4n) is 4.51. The minimum absolute atomic E-state index is 0. The molecule has 0 bridgehead atoms. The largest absolute Gasteiger partial charge is 0.359 e. The SMILES string of the molecule is CN(Cc1cc(-c2ccccn2)no1)C1CCC2(CCNCC2)CC1.Cl.Cl. The van der Waals surface area contributed by atoms with Crippen molar-refractivity contribution in [3.8, 4) is 11.4 Å². The molecule has 1 N–H and O–H groups in total. The normalized spacial score (nSPS) is 19.5. The first kappa shape index (κ1) is 22.2. The van der Waals surface area contributed by atoms with E-state index in [1.54, 1.807) is 6.20 Å². The first-order chi connectivity index (χ1) is 12.2. The Balaban J connectivity index is 0.00000131. The number of hydrogen-bond acceptors (Lipinski definition) is 5. The summed E-state index contributed by atoms with van der Waals surface area (Å²) in [4.78, 5) is 6.78. The standard InChI is InChI=1S/C20H28N4O.2ClH/c1-24(16-5-7-20(8-6-16)9-12-21-13-10-20)15-17-14-19(23-25-17)18-4-2-3-11-22-18;;/h2-4,11,14,16,21H,5-10,12-13,15H2,1H3;2*1H. The Morgan fingerprint density at radius 1 is 1.11 bits per heavy atom. The van der Waals surface area contributed by atoms with Crippen LogP contribution >= 0.6 is 24.8 Å². The minimum atomic E-state index is 0. The van der Waals surface area contributed by atoms with Gasteiger partial charge < -0.3 is 9.84 Å². The second kappa shape index (κ2) is 9.87. The number of nitrogens with one attached hydrogen (secondary N) is 1. The van der Waals surface area contributed by atoms with Crippen molar-refractivity contribution in [2.45, 2.75) is 51.1 Å². The summed E-state index contributed by atoms with van der Waals surface area (Å²) in [5, 5.41) is 7.69. The van der Waals surface area contributed by atoms with Gasteiger partial charge >= 0.3 is 0 Å². The Kier molecular flexibility index (Phi) is 8.10.